The summed E-state index contributed by atoms with van der Waals surface area (Å²) in [5, 5.41) is 71.5. The molecule has 13 nitrogen and oxygen atoms in total. The molecule has 37 heavy (non-hydrogen) atoms. The minimum atomic E-state index is -1.79. The monoisotopic (exact) mass is 520 g/mol. The Morgan fingerprint density at radius 1 is 1.00 bits per heavy atom. The van der Waals surface area contributed by atoms with Crippen LogP contribution in [0, 0.1) is 0 Å². The maximum atomic E-state index is 11.5. The standard InChI is InChI=1S/C24H24O13/c25-11-3-1-10(2-4-11)23-16(7-13-14(27)5-12(26)6-15(13)35-23)36-24-22(33)21(32)20(31)17(37-24)9-34-19(30)8-18(28)29/h1-6,16-17,20-22,24,31-33H,7-9H2,(H3-,25,26,27,28,29). The molecule has 1 fully saturated rings. The molecule has 6 atom stereocenters. The number of esters is 1. The van der Waals surface area contributed by atoms with Gasteiger partial charge in [0.1, 0.15) is 53.8 Å². The second kappa shape index (κ2) is 10.7. The number of rotatable bonds is 7. The molecule has 198 valence electrons. The molecule has 6 N–H and O–H groups in total. The number of phenolic OH excluding ortho intramolecular Hbond substituents is 3. The van der Waals surface area contributed by atoms with E-state index in [1.165, 1.54) is 30.3 Å². The van der Waals surface area contributed by atoms with Crippen LogP contribution in [0.1, 0.15) is 22.0 Å². The zero-order valence-electron chi connectivity index (χ0n) is 19.1. The van der Waals surface area contributed by atoms with Gasteiger partial charge in [0.25, 0.3) is 0 Å². The van der Waals surface area contributed by atoms with E-state index < -0.39 is 61.8 Å². The van der Waals surface area contributed by atoms with E-state index in [-0.39, 0.29) is 40.8 Å². The molecule has 2 aromatic rings. The molecule has 2 aliphatic heterocycles. The molecule has 2 aliphatic rings. The topological polar surface area (TPSA) is 218 Å². The molecule has 1 saturated heterocycles. The van der Waals surface area contributed by atoms with Gasteiger partial charge in [-0.1, -0.05) is 0 Å². The van der Waals surface area contributed by atoms with Crippen molar-refractivity contribution in [3.05, 3.63) is 47.5 Å². The van der Waals surface area contributed by atoms with Crippen LogP contribution in [-0.2, 0) is 30.2 Å². The summed E-state index contributed by atoms with van der Waals surface area (Å²) in [6, 6.07) is 8.21. The Bertz CT molecular complexity index is 1190. The first-order chi connectivity index (χ1) is 17.5. The molecule has 4 rings (SSSR count). The Balaban J connectivity index is 1.59. The number of carbonyl (C=O) groups excluding carboxylic acids is 3. The fraction of sp³-hybridized carbons (Fsp3) is 0.375. The van der Waals surface area contributed by atoms with Gasteiger partial charge >= 0.3 is 17.5 Å². The van der Waals surface area contributed by atoms with Crippen molar-refractivity contribution in [3.63, 3.8) is 0 Å². The maximum Gasteiger partial charge on any atom is 0.366 e. The molecule has 2 aromatic carbocycles. The normalized spacial score (nSPS) is 27.2. The number of aliphatic hydroxyl groups is 3. The van der Waals surface area contributed by atoms with Crippen LogP contribution in [0.5, 0.6) is 23.0 Å². The number of phenols is 3. The SMILES string of the molecule is O=C([O-])CC(=O)OCC1OC(OC2Cc3c(O)cc(O)cc3[O+]=C2c2ccc(O)cc2)C(O)C(O)C1O. The number of hydrogen-bond acceptors (Lipinski definition) is 12. The highest BCUT2D eigenvalue weighted by Crippen LogP contribution is 2.40. The van der Waals surface area contributed by atoms with Crippen LogP contribution in [0.25, 0.3) is 0 Å². The van der Waals surface area contributed by atoms with E-state index in [1.807, 2.05) is 0 Å². The van der Waals surface area contributed by atoms with Gasteiger partial charge in [-0.3, -0.25) is 4.79 Å². The summed E-state index contributed by atoms with van der Waals surface area (Å²) in [6.07, 6.45) is -10.4. The van der Waals surface area contributed by atoms with E-state index in [2.05, 4.69) is 0 Å². The first-order valence-electron chi connectivity index (χ1n) is 11.1. The lowest BCUT2D eigenvalue weighted by Crippen LogP contribution is -2.60. The van der Waals surface area contributed by atoms with E-state index in [9.17, 15) is 45.3 Å². The second-order valence-electron chi connectivity index (χ2n) is 8.53. The molecule has 13 heteroatoms. The van der Waals surface area contributed by atoms with Gasteiger partial charge < -0.3 is 54.8 Å². The number of aliphatic hydroxyl groups excluding tert-OH is 3. The lowest BCUT2D eigenvalue weighted by atomic mass is 9.95. The number of carboxylic acid groups (broad SMARTS) is 1. The molecule has 0 aliphatic carbocycles. The van der Waals surface area contributed by atoms with Crippen LogP contribution in [0.4, 0.5) is 0 Å². The minimum Gasteiger partial charge on any atom is -0.550 e. The Morgan fingerprint density at radius 2 is 1.70 bits per heavy atom. The van der Waals surface area contributed by atoms with Crippen molar-refractivity contribution >= 4 is 17.7 Å². The third kappa shape index (κ3) is 5.81. The molecule has 0 aromatic heterocycles. The molecule has 0 saturated carbocycles. The van der Waals surface area contributed by atoms with Crippen molar-refractivity contribution in [2.75, 3.05) is 6.61 Å². The molecule has 2 heterocycles. The third-order valence-corrected chi connectivity index (χ3v) is 5.89. The highest BCUT2D eigenvalue weighted by atomic mass is 16.7. The second-order valence-corrected chi connectivity index (χ2v) is 8.53. The van der Waals surface area contributed by atoms with E-state index in [1.54, 1.807) is 0 Å². The number of aliphatic carboxylic acids is 1. The number of aromatic hydroxyl groups is 3. The molecule has 0 bridgehead atoms. The zero-order valence-corrected chi connectivity index (χ0v) is 19.1. The lowest BCUT2D eigenvalue weighted by molar-refractivity contribution is -0.311. The third-order valence-electron chi connectivity index (χ3n) is 5.89. The Hall–Kier alpha value is -3.75. The number of fused-ring (bicyclic) bond motifs is 1. The summed E-state index contributed by atoms with van der Waals surface area (Å²) in [5.41, 5.74) is 0.707. The van der Waals surface area contributed by atoms with Crippen LogP contribution in [0.3, 0.4) is 0 Å². The first kappa shape index (κ1) is 26.3. The van der Waals surface area contributed by atoms with Crippen molar-refractivity contribution in [2.24, 2.45) is 0 Å². The summed E-state index contributed by atoms with van der Waals surface area (Å²) in [4.78, 5) is 22.1. The summed E-state index contributed by atoms with van der Waals surface area (Å²) in [6.45, 7) is -0.657. The van der Waals surface area contributed by atoms with Crippen molar-refractivity contribution in [2.45, 2.75) is 49.7 Å². The Labute approximate surface area is 209 Å². The number of carboxylic acids is 1. The smallest absolute Gasteiger partial charge is 0.366 e. The van der Waals surface area contributed by atoms with Gasteiger partial charge in [-0.25, -0.2) is 4.42 Å². The summed E-state index contributed by atoms with van der Waals surface area (Å²) < 4.78 is 22.1. The molecule has 0 spiro atoms. The van der Waals surface area contributed by atoms with E-state index in [0.717, 1.165) is 6.07 Å². The molecule has 0 amide bonds. The van der Waals surface area contributed by atoms with Crippen LogP contribution in [-0.4, -0.2) is 91.8 Å². The predicted octanol–water partition coefficient (Wildman–Crippen LogP) is -1.63. The Kier molecular flexibility index (Phi) is 7.61. The van der Waals surface area contributed by atoms with Gasteiger partial charge in [0.05, 0.1) is 24.0 Å². The molecular weight excluding hydrogens is 496 g/mol. The average Bonchev–Trinajstić information content (AvgIpc) is 2.83. The molecule has 0 radical (unpaired) electrons. The van der Waals surface area contributed by atoms with Crippen molar-refractivity contribution < 1.29 is 64.0 Å². The van der Waals surface area contributed by atoms with Gasteiger partial charge in [-0.15, -0.1) is 0 Å². The largest absolute Gasteiger partial charge is 0.550 e. The van der Waals surface area contributed by atoms with Gasteiger partial charge in [-0.05, 0) is 24.3 Å². The lowest BCUT2D eigenvalue weighted by Gasteiger charge is -2.40. The number of benzene rings is 2. The van der Waals surface area contributed by atoms with Crippen LogP contribution in [0.2, 0.25) is 0 Å². The van der Waals surface area contributed by atoms with Gasteiger partial charge in [0, 0.05) is 12.5 Å². The number of ketones is 1. The number of hydrogen-bond donors (Lipinski definition) is 6. The van der Waals surface area contributed by atoms with E-state index >= 15 is 0 Å². The van der Waals surface area contributed by atoms with Gasteiger partial charge in [-0.2, -0.15) is 0 Å². The van der Waals surface area contributed by atoms with Gasteiger partial charge in [0.2, 0.25) is 0 Å². The highest BCUT2D eigenvalue weighted by Gasteiger charge is 2.48. The van der Waals surface area contributed by atoms with Crippen LogP contribution >= 0.6 is 0 Å². The fourth-order valence-corrected chi connectivity index (χ4v) is 4.03. The summed E-state index contributed by atoms with van der Waals surface area (Å²) in [5.74, 6) is -3.09. The number of ether oxygens (including phenoxy) is 3. The summed E-state index contributed by atoms with van der Waals surface area (Å²) in [7, 11) is 0. The maximum absolute atomic E-state index is 11.5. The van der Waals surface area contributed by atoms with Crippen LogP contribution < -0.4 is 5.11 Å². The van der Waals surface area contributed by atoms with Gasteiger partial charge in [0.15, 0.2) is 12.4 Å². The molecule has 6 unspecified atom stereocenters. The highest BCUT2D eigenvalue weighted by molar-refractivity contribution is 6.01. The fourth-order valence-electron chi connectivity index (χ4n) is 4.03. The zero-order chi connectivity index (χ0) is 26.9. The van der Waals surface area contributed by atoms with E-state index in [0.29, 0.717) is 5.56 Å². The molecular formula is C24H24O13. The number of carbonyl (C=O) groups is 2. The predicted molar refractivity (Wildman–Crippen MR) is 117 cm³/mol. The van der Waals surface area contributed by atoms with Crippen molar-refractivity contribution in [1.29, 1.82) is 0 Å². The first-order valence-corrected chi connectivity index (χ1v) is 11.1. The van der Waals surface area contributed by atoms with Crippen LogP contribution in [0.15, 0.2) is 36.4 Å². The quantitative estimate of drug-likeness (QED) is 0.138. The summed E-state index contributed by atoms with van der Waals surface area (Å²) >= 11 is 0. The van der Waals surface area contributed by atoms with Crippen molar-refractivity contribution in [1.82, 2.24) is 0 Å². The Morgan fingerprint density at radius 3 is 2.38 bits per heavy atom. The minimum absolute atomic E-state index is 0.0208. The van der Waals surface area contributed by atoms with E-state index in [4.69, 9.17) is 18.6 Å². The average molecular weight is 520 g/mol. The van der Waals surface area contributed by atoms with Crippen molar-refractivity contribution in [3.8, 4) is 23.0 Å².